The van der Waals surface area contributed by atoms with Crippen LogP contribution in [0, 0.1) is 13.8 Å². The minimum Gasteiger partial charge on any atom is -0.324 e. The molecule has 2 N–H and O–H groups in total. The van der Waals surface area contributed by atoms with E-state index in [2.05, 4.69) is 30.6 Å². The van der Waals surface area contributed by atoms with Crippen LogP contribution in [-0.2, 0) is 4.79 Å². The van der Waals surface area contributed by atoms with Gasteiger partial charge < -0.3 is 10.6 Å². The monoisotopic (exact) mass is 420 g/mol. The lowest BCUT2D eigenvalue weighted by atomic mass is 10.1. The van der Waals surface area contributed by atoms with Crippen molar-refractivity contribution in [1.29, 1.82) is 0 Å². The number of amides is 1. The molecular formula is C25H20N6O. The third-order valence-electron chi connectivity index (χ3n) is 5.21. The second-order valence-corrected chi connectivity index (χ2v) is 7.59. The number of rotatable bonds is 4. The molecule has 32 heavy (non-hydrogen) atoms. The number of carbonyl (C=O) groups is 1. The number of nitrogens with one attached hydrogen (secondary N) is 2. The highest BCUT2D eigenvalue weighted by atomic mass is 16.2. The number of aryl methyl sites for hydroxylation is 2. The lowest BCUT2D eigenvalue weighted by Gasteiger charge is -2.10. The second-order valence-electron chi connectivity index (χ2n) is 7.59. The van der Waals surface area contributed by atoms with Gasteiger partial charge in [0.25, 0.3) is 5.91 Å². The molecule has 1 aliphatic rings. The largest absolute Gasteiger partial charge is 0.324 e. The van der Waals surface area contributed by atoms with Crippen molar-refractivity contribution in [1.82, 2.24) is 15.0 Å². The Labute approximate surface area is 185 Å². The van der Waals surface area contributed by atoms with Crippen LogP contribution in [0.4, 0.5) is 23.0 Å². The molecule has 0 atom stereocenters. The smallest absolute Gasteiger partial charge is 0.275 e. The van der Waals surface area contributed by atoms with Crippen LogP contribution in [-0.4, -0.2) is 26.6 Å². The summed E-state index contributed by atoms with van der Waals surface area (Å²) < 4.78 is 0. The standard InChI is InChI=1S/C25H20N6O/c1-15-5-8-21-19(12-15)23(24(32)29-21)28-18-7-6-16(2)22(13-18)31-25-27-11-9-20(30-25)17-4-3-10-26-14-17/h3-14H,1-2H3,(H,27,30,31)(H,28,29,32). The molecule has 1 amide bonds. The molecule has 0 fully saturated rings. The molecule has 1 aliphatic heterocycles. The predicted molar refractivity (Wildman–Crippen MR) is 126 cm³/mol. The third-order valence-corrected chi connectivity index (χ3v) is 5.21. The van der Waals surface area contributed by atoms with Gasteiger partial charge in [-0.15, -0.1) is 0 Å². The Morgan fingerprint density at radius 1 is 1.00 bits per heavy atom. The van der Waals surface area contributed by atoms with E-state index in [1.165, 1.54) is 0 Å². The normalized spacial score (nSPS) is 13.7. The van der Waals surface area contributed by atoms with Crippen LogP contribution in [0.15, 0.2) is 78.2 Å². The Balaban J connectivity index is 1.47. The lowest BCUT2D eigenvalue weighted by molar-refractivity contribution is -0.110. The molecule has 0 saturated heterocycles. The van der Waals surface area contributed by atoms with Crippen LogP contribution in [0.2, 0.25) is 0 Å². The van der Waals surface area contributed by atoms with Gasteiger partial charge in [-0.05, 0) is 61.9 Å². The van der Waals surface area contributed by atoms with E-state index in [1.54, 1.807) is 18.6 Å². The zero-order chi connectivity index (χ0) is 22.1. The Morgan fingerprint density at radius 3 is 2.75 bits per heavy atom. The van der Waals surface area contributed by atoms with E-state index in [0.717, 1.165) is 39.3 Å². The highest BCUT2D eigenvalue weighted by Crippen LogP contribution is 2.29. The van der Waals surface area contributed by atoms with E-state index in [9.17, 15) is 4.79 Å². The molecule has 0 radical (unpaired) electrons. The number of pyridine rings is 1. The summed E-state index contributed by atoms with van der Waals surface area (Å²) >= 11 is 0. The summed E-state index contributed by atoms with van der Waals surface area (Å²) in [5.41, 5.74) is 7.27. The maximum absolute atomic E-state index is 12.5. The second kappa shape index (κ2) is 8.03. The minimum atomic E-state index is -0.201. The number of aliphatic imine (C=N–C) groups is 1. The molecule has 2 aromatic heterocycles. The number of hydrogen-bond acceptors (Lipinski definition) is 6. The number of nitrogens with zero attached hydrogens (tertiary/aromatic N) is 4. The van der Waals surface area contributed by atoms with Crippen molar-refractivity contribution in [3.63, 3.8) is 0 Å². The van der Waals surface area contributed by atoms with Crippen LogP contribution < -0.4 is 10.6 Å². The van der Waals surface area contributed by atoms with E-state index in [4.69, 9.17) is 0 Å². The predicted octanol–water partition coefficient (Wildman–Crippen LogP) is 4.97. The summed E-state index contributed by atoms with van der Waals surface area (Å²) in [4.78, 5) is 30.2. The first-order valence-corrected chi connectivity index (χ1v) is 10.2. The molecular weight excluding hydrogens is 400 g/mol. The molecule has 5 rings (SSSR count). The first-order valence-electron chi connectivity index (χ1n) is 10.2. The number of anilines is 3. The average molecular weight is 420 g/mol. The van der Waals surface area contributed by atoms with E-state index < -0.39 is 0 Å². The van der Waals surface area contributed by atoms with E-state index in [-0.39, 0.29) is 5.91 Å². The summed E-state index contributed by atoms with van der Waals surface area (Å²) in [5, 5.41) is 6.15. The van der Waals surface area contributed by atoms with Gasteiger partial charge in [0.2, 0.25) is 5.95 Å². The zero-order valence-corrected chi connectivity index (χ0v) is 17.6. The van der Waals surface area contributed by atoms with Gasteiger partial charge in [0.05, 0.1) is 17.1 Å². The quantitative estimate of drug-likeness (QED) is 0.486. The van der Waals surface area contributed by atoms with Gasteiger partial charge in [0, 0.05) is 35.4 Å². The SMILES string of the molecule is Cc1ccc2c(c1)C(=Nc1ccc(C)c(Nc3nccc(-c4cccnc4)n3)c1)C(=O)N2. The number of benzene rings is 2. The molecule has 0 unspecified atom stereocenters. The Morgan fingerprint density at radius 2 is 1.91 bits per heavy atom. The van der Waals surface area contributed by atoms with Crippen molar-refractivity contribution in [2.24, 2.45) is 4.99 Å². The summed E-state index contributed by atoms with van der Waals surface area (Å²) in [6.07, 6.45) is 5.20. The highest BCUT2D eigenvalue weighted by molar-refractivity contribution is 6.54. The number of aromatic nitrogens is 3. The molecule has 0 spiro atoms. The molecule has 156 valence electrons. The zero-order valence-electron chi connectivity index (χ0n) is 17.6. The van der Waals surface area contributed by atoms with Crippen molar-refractivity contribution in [2.45, 2.75) is 13.8 Å². The van der Waals surface area contributed by atoms with Crippen LogP contribution in [0.25, 0.3) is 11.3 Å². The van der Waals surface area contributed by atoms with Gasteiger partial charge in [-0.1, -0.05) is 17.7 Å². The molecule has 2 aromatic carbocycles. The van der Waals surface area contributed by atoms with E-state index >= 15 is 0 Å². The Hall–Kier alpha value is -4.39. The third kappa shape index (κ3) is 3.83. The van der Waals surface area contributed by atoms with Crippen molar-refractivity contribution >= 4 is 34.6 Å². The Kier molecular flexibility index (Phi) is 4.91. The first kappa shape index (κ1) is 19.6. The van der Waals surface area contributed by atoms with Gasteiger partial charge in [-0.3, -0.25) is 9.78 Å². The summed E-state index contributed by atoms with van der Waals surface area (Å²) in [6.45, 7) is 3.99. The summed E-state index contributed by atoms with van der Waals surface area (Å²) in [5.74, 6) is 0.270. The van der Waals surface area contributed by atoms with Gasteiger partial charge in [-0.25, -0.2) is 15.0 Å². The van der Waals surface area contributed by atoms with Gasteiger partial charge in [0.15, 0.2) is 0 Å². The van der Waals surface area contributed by atoms with E-state index in [1.807, 2.05) is 68.4 Å². The fourth-order valence-corrected chi connectivity index (χ4v) is 3.54. The van der Waals surface area contributed by atoms with Crippen molar-refractivity contribution in [3.8, 4) is 11.3 Å². The van der Waals surface area contributed by atoms with Crippen LogP contribution in [0.3, 0.4) is 0 Å². The first-order chi connectivity index (χ1) is 15.6. The van der Waals surface area contributed by atoms with E-state index in [0.29, 0.717) is 17.3 Å². The Bertz CT molecular complexity index is 1360. The maximum atomic E-state index is 12.5. The molecule has 4 aromatic rings. The van der Waals surface area contributed by atoms with Crippen LogP contribution in [0.5, 0.6) is 0 Å². The minimum absolute atomic E-state index is 0.201. The topological polar surface area (TPSA) is 92.2 Å². The molecule has 0 aliphatic carbocycles. The van der Waals surface area contributed by atoms with Crippen molar-refractivity contribution in [3.05, 3.63) is 89.9 Å². The molecule has 0 saturated carbocycles. The fraction of sp³-hybridized carbons (Fsp3) is 0.0800. The molecule has 7 nitrogen and oxygen atoms in total. The van der Waals surface area contributed by atoms with Gasteiger partial charge in [0.1, 0.15) is 5.71 Å². The average Bonchev–Trinajstić information content (AvgIpc) is 3.11. The molecule has 3 heterocycles. The highest BCUT2D eigenvalue weighted by Gasteiger charge is 2.25. The van der Waals surface area contributed by atoms with Crippen LogP contribution in [0.1, 0.15) is 16.7 Å². The summed E-state index contributed by atoms with van der Waals surface area (Å²) in [6, 6.07) is 17.2. The van der Waals surface area contributed by atoms with Gasteiger partial charge in [-0.2, -0.15) is 0 Å². The molecule has 7 heteroatoms. The molecule has 0 bridgehead atoms. The maximum Gasteiger partial charge on any atom is 0.275 e. The van der Waals surface area contributed by atoms with Crippen molar-refractivity contribution in [2.75, 3.05) is 10.6 Å². The summed E-state index contributed by atoms with van der Waals surface area (Å²) in [7, 11) is 0. The van der Waals surface area contributed by atoms with Crippen molar-refractivity contribution < 1.29 is 4.79 Å². The van der Waals surface area contributed by atoms with Gasteiger partial charge >= 0.3 is 0 Å². The number of fused-ring (bicyclic) bond motifs is 1. The number of hydrogen-bond donors (Lipinski definition) is 2. The number of carbonyl (C=O) groups excluding carboxylic acids is 1. The van der Waals surface area contributed by atoms with Crippen LogP contribution >= 0.6 is 0 Å². The fourth-order valence-electron chi connectivity index (χ4n) is 3.54. The lowest BCUT2D eigenvalue weighted by Crippen LogP contribution is -2.13.